The lowest BCUT2D eigenvalue weighted by Crippen LogP contribution is -2.52. The van der Waals surface area contributed by atoms with Gasteiger partial charge in [-0.3, -0.25) is 0 Å². The van der Waals surface area contributed by atoms with Crippen LogP contribution in [0.25, 0.3) is 0 Å². The van der Waals surface area contributed by atoms with E-state index in [0.29, 0.717) is 26.4 Å². The van der Waals surface area contributed by atoms with Crippen molar-refractivity contribution in [2.24, 2.45) is 0 Å². The van der Waals surface area contributed by atoms with E-state index in [-0.39, 0.29) is 17.7 Å². The van der Waals surface area contributed by atoms with Crippen LogP contribution in [0.4, 0.5) is 0 Å². The van der Waals surface area contributed by atoms with Gasteiger partial charge in [0, 0.05) is 19.8 Å². The van der Waals surface area contributed by atoms with E-state index in [1.807, 2.05) is 27.7 Å². The van der Waals surface area contributed by atoms with E-state index in [4.69, 9.17) is 22.8 Å². The van der Waals surface area contributed by atoms with Gasteiger partial charge >= 0.3 is 8.80 Å². The van der Waals surface area contributed by atoms with Gasteiger partial charge in [-0.2, -0.15) is 0 Å². The fourth-order valence-corrected chi connectivity index (χ4v) is 4.89. The van der Waals surface area contributed by atoms with Crippen molar-refractivity contribution in [1.82, 2.24) is 0 Å². The van der Waals surface area contributed by atoms with Crippen LogP contribution < -0.4 is 0 Å². The van der Waals surface area contributed by atoms with Gasteiger partial charge in [0.15, 0.2) is 0 Å². The van der Waals surface area contributed by atoms with Crippen molar-refractivity contribution in [2.45, 2.75) is 52.4 Å². The van der Waals surface area contributed by atoms with Crippen LogP contribution in [0.15, 0.2) is 0 Å². The van der Waals surface area contributed by atoms with Gasteiger partial charge in [0.1, 0.15) is 6.10 Å². The molecule has 0 aliphatic carbocycles. The topological polar surface area (TPSA) is 49.5 Å². The zero-order valence-corrected chi connectivity index (χ0v) is 13.8. The fraction of sp³-hybridized carbons (Fsp3) is 1.00. The number of epoxide rings is 1. The second-order valence-corrected chi connectivity index (χ2v) is 7.67. The lowest BCUT2D eigenvalue weighted by molar-refractivity contribution is 0.00888. The smallest absolute Gasteiger partial charge is 0.375 e. The third-order valence-electron chi connectivity index (χ3n) is 3.25. The Morgan fingerprint density at radius 3 is 1.89 bits per heavy atom. The van der Waals surface area contributed by atoms with Crippen LogP contribution in [-0.4, -0.2) is 54.0 Å². The monoisotopic (exact) mass is 292 g/mol. The largest absolute Gasteiger partial charge is 0.506 e. The molecule has 1 rings (SSSR count). The number of ether oxygens (including phenoxy) is 2. The summed E-state index contributed by atoms with van der Waals surface area (Å²) < 4.78 is 28.7. The summed E-state index contributed by atoms with van der Waals surface area (Å²) in [6.07, 6.45) is 0.303. The summed E-state index contributed by atoms with van der Waals surface area (Å²) in [5.74, 6) is 0. The third-order valence-corrected chi connectivity index (χ3v) is 6.90. The first kappa shape index (κ1) is 17.1. The van der Waals surface area contributed by atoms with E-state index < -0.39 is 8.80 Å². The predicted octanol–water partition coefficient (Wildman–Crippen LogP) is 2.23. The first-order valence-corrected chi connectivity index (χ1v) is 9.04. The molecule has 0 saturated carbocycles. The maximum atomic E-state index is 5.90. The fourth-order valence-electron chi connectivity index (χ4n) is 1.98. The average molecular weight is 292 g/mol. The summed E-state index contributed by atoms with van der Waals surface area (Å²) in [6, 6.07) is 0. The first-order valence-electron chi connectivity index (χ1n) is 7.24. The Morgan fingerprint density at radius 1 is 1.05 bits per heavy atom. The summed E-state index contributed by atoms with van der Waals surface area (Å²) >= 11 is 0. The molecule has 114 valence electrons. The number of rotatable bonds is 11. The summed E-state index contributed by atoms with van der Waals surface area (Å²) in [5.41, 5.74) is 0.103. The van der Waals surface area contributed by atoms with Gasteiger partial charge in [0.25, 0.3) is 0 Å². The van der Waals surface area contributed by atoms with Crippen LogP contribution >= 0.6 is 0 Å². The molecule has 0 N–H and O–H groups in total. The normalized spacial score (nSPS) is 22.3. The molecule has 3 atom stereocenters. The van der Waals surface area contributed by atoms with Crippen molar-refractivity contribution in [3.8, 4) is 0 Å². The quantitative estimate of drug-likeness (QED) is 0.432. The highest BCUT2D eigenvalue weighted by Crippen LogP contribution is 2.31. The summed E-state index contributed by atoms with van der Waals surface area (Å²) in [7, 11) is -2.68. The molecule has 0 radical (unpaired) electrons. The SMILES string of the molecule is CCO[Si](OCC)(OCC)C(C)C(C)OCC1CO1. The maximum Gasteiger partial charge on any atom is 0.506 e. The van der Waals surface area contributed by atoms with Crippen LogP contribution in [0.1, 0.15) is 34.6 Å². The highest BCUT2D eigenvalue weighted by molar-refractivity contribution is 6.62. The van der Waals surface area contributed by atoms with Crippen molar-refractivity contribution in [3.63, 3.8) is 0 Å². The molecule has 0 aromatic rings. The van der Waals surface area contributed by atoms with Crippen LogP contribution in [-0.2, 0) is 22.8 Å². The Bertz CT molecular complexity index is 230. The highest BCUT2D eigenvalue weighted by atomic mass is 28.4. The van der Waals surface area contributed by atoms with Crippen molar-refractivity contribution in [3.05, 3.63) is 0 Å². The molecule has 0 aromatic carbocycles. The summed E-state index contributed by atoms with van der Waals surface area (Å²) in [4.78, 5) is 0. The molecule has 1 saturated heterocycles. The van der Waals surface area contributed by atoms with Gasteiger partial charge in [-0.25, -0.2) is 0 Å². The van der Waals surface area contributed by atoms with E-state index in [2.05, 4.69) is 6.92 Å². The summed E-state index contributed by atoms with van der Waals surface area (Å²) in [5, 5.41) is 0. The van der Waals surface area contributed by atoms with Crippen molar-refractivity contribution in [2.75, 3.05) is 33.0 Å². The molecule has 6 heteroatoms. The molecule has 0 aromatic heterocycles. The van der Waals surface area contributed by atoms with Crippen molar-refractivity contribution < 1.29 is 22.8 Å². The van der Waals surface area contributed by atoms with E-state index in [0.717, 1.165) is 6.61 Å². The molecular weight excluding hydrogens is 264 g/mol. The molecule has 19 heavy (non-hydrogen) atoms. The van der Waals surface area contributed by atoms with E-state index in [1.165, 1.54) is 0 Å². The average Bonchev–Trinajstić information content (AvgIpc) is 3.20. The lowest BCUT2D eigenvalue weighted by atomic mass is 10.3. The Morgan fingerprint density at radius 2 is 1.53 bits per heavy atom. The van der Waals surface area contributed by atoms with Crippen LogP contribution in [0.3, 0.4) is 0 Å². The van der Waals surface area contributed by atoms with Gasteiger partial charge in [0.2, 0.25) is 0 Å². The zero-order valence-electron chi connectivity index (χ0n) is 12.8. The first-order chi connectivity index (χ1) is 9.09. The minimum atomic E-state index is -2.68. The van der Waals surface area contributed by atoms with Gasteiger partial charge in [-0.05, 0) is 27.7 Å². The van der Waals surface area contributed by atoms with Gasteiger partial charge < -0.3 is 22.8 Å². The minimum Gasteiger partial charge on any atom is -0.375 e. The molecule has 0 spiro atoms. The lowest BCUT2D eigenvalue weighted by Gasteiger charge is -2.36. The van der Waals surface area contributed by atoms with Gasteiger partial charge in [-0.1, -0.05) is 6.92 Å². The molecule has 5 nitrogen and oxygen atoms in total. The Hall–Kier alpha value is 0.0169. The van der Waals surface area contributed by atoms with Gasteiger partial charge in [-0.15, -0.1) is 0 Å². The molecule has 0 amide bonds. The maximum absolute atomic E-state index is 5.90. The number of hydrogen-bond acceptors (Lipinski definition) is 5. The molecular formula is C13H28O5Si. The molecule has 1 fully saturated rings. The predicted molar refractivity (Wildman–Crippen MR) is 75.2 cm³/mol. The molecule has 1 aliphatic heterocycles. The Labute approximate surface area is 117 Å². The highest BCUT2D eigenvalue weighted by Gasteiger charge is 2.49. The zero-order chi connectivity index (χ0) is 14.3. The van der Waals surface area contributed by atoms with E-state index >= 15 is 0 Å². The van der Waals surface area contributed by atoms with E-state index in [9.17, 15) is 0 Å². The molecule has 0 bridgehead atoms. The molecule has 1 heterocycles. The molecule has 3 unspecified atom stereocenters. The van der Waals surface area contributed by atoms with Crippen LogP contribution in [0.2, 0.25) is 5.54 Å². The minimum absolute atomic E-state index is 0.0283. The summed E-state index contributed by atoms with van der Waals surface area (Å²) in [6.45, 7) is 13.3. The second kappa shape index (κ2) is 8.34. The Kier molecular flexibility index (Phi) is 7.49. The second-order valence-electron chi connectivity index (χ2n) is 4.69. The van der Waals surface area contributed by atoms with Crippen LogP contribution in [0, 0.1) is 0 Å². The standard InChI is InChI=1S/C13H28O5Si/c1-6-16-19(17-7-2,18-8-3)12(5)11(4)14-9-13-10-15-13/h11-13H,6-10H2,1-5H3. The van der Waals surface area contributed by atoms with Crippen LogP contribution in [0.5, 0.6) is 0 Å². The Balaban J connectivity index is 2.62. The van der Waals surface area contributed by atoms with Crippen molar-refractivity contribution in [1.29, 1.82) is 0 Å². The number of hydrogen-bond donors (Lipinski definition) is 0. The molecule has 1 aliphatic rings. The van der Waals surface area contributed by atoms with E-state index in [1.54, 1.807) is 0 Å². The van der Waals surface area contributed by atoms with Crippen molar-refractivity contribution >= 4 is 8.80 Å². The third kappa shape index (κ3) is 5.13. The van der Waals surface area contributed by atoms with Gasteiger partial charge in [0.05, 0.1) is 24.9 Å².